The van der Waals surface area contributed by atoms with Gasteiger partial charge in [0.05, 0.1) is 12.8 Å². The molecule has 0 fully saturated rings. The average molecular weight is 197 g/mol. The number of aromatic nitrogens is 2. The van der Waals surface area contributed by atoms with Crippen molar-refractivity contribution in [1.29, 1.82) is 0 Å². The van der Waals surface area contributed by atoms with Gasteiger partial charge in [-0.2, -0.15) is 18.6 Å². The van der Waals surface area contributed by atoms with Gasteiger partial charge in [0.15, 0.2) is 0 Å². The van der Waals surface area contributed by atoms with Crippen LogP contribution in [0.3, 0.4) is 0 Å². The van der Waals surface area contributed by atoms with Crippen LogP contribution in [0, 0.1) is 0 Å². The molecule has 0 bridgehead atoms. The maximum absolute atomic E-state index is 12.1. The van der Waals surface area contributed by atoms with E-state index in [4.69, 9.17) is 16.3 Å². The van der Waals surface area contributed by atoms with Crippen LogP contribution in [0.5, 0.6) is 5.88 Å². The normalized spacial score (nSPS) is 10.8. The topological polar surface area (TPSA) is 27.1 Å². The third-order valence-corrected chi connectivity index (χ3v) is 1.43. The quantitative estimate of drug-likeness (QED) is 0.742. The summed E-state index contributed by atoms with van der Waals surface area (Å²) in [5, 5.41) is 3.44. The van der Waals surface area contributed by atoms with Gasteiger partial charge in [-0.1, -0.05) is 11.6 Å². The molecule has 1 aromatic rings. The molecule has 0 spiro atoms. The average Bonchev–Trinajstić information content (AvgIpc) is 2.34. The summed E-state index contributed by atoms with van der Waals surface area (Å²) < 4.78 is 29.5. The van der Waals surface area contributed by atoms with E-state index in [0.29, 0.717) is 4.68 Å². The Hall–Kier alpha value is -0.840. The zero-order valence-electron chi connectivity index (χ0n) is 6.30. The van der Waals surface area contributed by atoms with Crippen molar-refractivity contribution in [3.8, 4) is 5.88 Å². The zero-order chi connectivity index (χ0) is 9.14. The fraction of sp³-hybridized carbons (Fsp3) is 0.500. The monoisotopic (exact) mass is 196 g/mol. The molecule has 0 radical (unpaired) electrons. The molecule has 0 aromatic carbocycles. The lowest BCUT2D eigenvalue weighted by molar-refractivity contribution is 0.0460. The molecule has 0 amide bonds. The minimum Gasteiger partial charge on any atom is -0.477 e. The van der Waals surface area contributed by atoms with Gasteiger partial charge in [-0.15, -0.1) is 0 Å². The number of halogens is 3. The van der Waals surface area contributed by atoms with Gasteiger partial charge in [0.1, 0.15) is 5.02 Å². The lowest BCUT2D eigenvalue weighted by Gasteiger charge is -2.05. The van der Waals surface area contributed by atoms with Crippen LogP contribution >= 0.6 is 11.6 Å². The maximum Gasteiger partial charge on any atom is 0.336 e. The summed E-state index contributed by atoms with van der Waals surface area (Å²) in [5.41, 5.74) is 0. The van der Waals surface area contributed by atoms with E-state index in [-0.39, 0.29) is 17.5 Å². The molecule has 0 N–H and O–H groups in total. The number of hydrogen-bond donors (Lipinski definition) is 0. The number of rotatable bonds is 3. The molecule has 0 saturated heterocycles. The molecule has 0 aliphatic rings. The predicted molar refractivity (Wildman–Crippen MR) is 39.7 cm³/mol. The molecule has 1 rings (SSSR count). The summed E-state index contributed by atoms with van der Waals surface area (Å²) in [6.07, 6.45) is 1.12. The standard InChI is InChI=1S/C6H7ClF2N2O/c1-2-12-5-4(7)3-10-11(5)6(8)9/h3,6H,2H2,1H3. The number of ether oxygens (including phenoxy) is 1. The lowest BCUT2D eigenvalue weighted by Crippen LogP contribution is -2.05. The van der Waals surface area contributed by atoms with E-state index < -0.39 is 6.55 Å². The van der Waals surface area contributed by atoms with Gasteiger partial charge in [-0.05, 0) is 6.92 Å². The van der Waals surface area contributed by atoms with Crippen LogP contribution in [0.4, 0.5) is 8.78 Å². The van der Waals surface area contributed by atoms with E-state index in [2.05, 4.69) is 5.10 Å². The van der Waals surface area contributed by atoms with Gasteiger partial charge >= 0.3 is 6.55 Å². The van der Waals surface area contributed by atoms with Gasteiger partial charge in [0.25, 0.3) is 0 Å². The molecule has 12 heavy (non-hydrogen) atoms. The van der Waals surface area contributed by atoms with Crippen molar-refractivity contribution in [2.45, 2.75) is 13.5 Å². The third-order valence-electron chi connectivity index (χ3n) is 1.17. The van der Waals surface area contributed by atoms with E-state index in [0.717, 1.165) is 6.20 Å². The first kappa shape index (κ1) is 9.25. The van der Waals surface area contributed by atoms with Gasteiger partial charge in [0, 0.05) is 0 Å². The van der Waals surface area contributed by atoms with E-state index >= 15 is 0 Å². The minimum absolute atomic E-state index is 0.0887. The third kappa shape index (κ3) is 1.66. The van der Waals surface area contributed by atoms with Crippen LogP contribution < -0.4 is 4.74 Å². The molecule has 0 aliphatic heterocycles. The van der Waals surface area contributed by atoms with Crippen LogP contribution in [-0.4, -0.2) is 16.4 Å². The van der Waals surface area contributed by atoms with Gasteiger partial charge in [-0.25, -0.2) is 0 Å². The highest BCUT2D eigenvalue weighted by atomic mass is 35.5. The largest absolute Gasteiger partial charge is 0.477 e. The van der Waals surface area contributed by atoms with E-state index in [1.54, 1.807) is 6.92 Å². The highest BCUT2D eigenvalue weighted by Crippen LogP contribution is 2.27. The summed E-state index contributed by atoms with van der Waals surface area (Å²) in [6, 6.07) is 0. The summed E-state index contributed by atoms with van der Waals surface area (Å²) in [6.45, 7) is -0.767. The van der Waals surface area contributed by atoms with Crippen molar-refractivity contribution >= 4 is 11.6 Å². The van der Waals surface area contributed by atoms with Crippen molar-refractivity contribution in [2.24, 2.45) is 0 Å². The predicted octanol–water partition coefficient (Wildman–Crippen LogP) is 2.33. The van der Waals surface area contributed by atoms with Crippen molar-refractivity contribution in [1.82, 2.24) is 9.78 Å². The van der Waals surface area contributed by atoms with Gasteiger partial charge < -0.3 is 4.74 Å². The van der Waals surface area contributed by atoms with Crippen molar-refractivity contribution < 1.29 is 13.5 Å². The summed E-state index contributed by atoms with van der Waals surface area (Å²) in [7, 11) is 0. The van der Waals surface area contributed by atoms with Crippen LogP contribution in [-0.2, 0) is 0 Å². The molecule has 0 atom stereocenters. The molecule has 68 valence electrons. The summed E-state index contributed by atoms with van der Waals surface area (Å²) in [4.78, 5) is 0. The van der Waals surface area contributed by atoms with E-state index in [1.165, 1.54) is 0 Å². The SMILES string of the molecule is CCOc1c(Cl)cnn1C(F)F. The molecule has 0 aliphatic carbocycles. The minimum atomic E-state index is -2.72. The Morgan fingerprint density at radius 3 is 2.92 bits per heavy atom. The van der Waals surface area contributed by atoms with Crippen molar-refractivity contribution in [3.63, 3.8) is 0 Å². The highest BCUT2D eigenvalue weighted by Gasteiger charge is 2.16. The molecule has 3 nitrogen and oxygen atoms in total. The lowest BCUT2D eigenvalue weighted by atomic mass is 10.7. The summed E-state index contributed by atoms with van der Waals surface area (Å²) in [5.74, 6) is -0.0887. The fourth-order valence-electron chi connectivity index (χ4n) is 0.741. The van der Waals surface area contributed by atoms with Crippen LogP contribution in [0.2, 0.25) is 5.02 Å². The number of nitrogens with zero attached hydrogens (tertiary/aromatic N) is 2. The molecule has 1 heterocycles. The second-order valence-corrected chi connectivity index (χ2v) is 2.36. The molecular formula is C6H7ClF2N2O. The second-order valence-electron chi connectivity index (χ2n) is 1.95. The Morgan fingerprint density at radius 1 is 1.75 bits per heavy atom. The smallest absolute Gasteiger partial charge is 0.336 e. The Balaban J connectivity index is 2.95. The van der Waals surface area contributed by atoms with Crippen molar-refractivity contribution in [3.05, 3.63) is 11.2 Å². The summed E-state index contributed by atoms with van der Waals surface area (Å²) >= 11 is 5.53. The van der Waals surface area contributed by atoms with E-state index in [9.17, 15) is 8.78 Å². The highest BCUT2D eigenvalue weighted by molar-refractivity contribution is 6.31. The van der Waals surface area contributed by atoms with Gasteiger partial charge in [0.2, 0.25) is 5.88 Å². The maximum atomic E-state index is 12.1. The number of alkyl halides is 2. The number of hydrogen-bond acceptors (Lipinski definition) is 2. The molecular weight excluding hydrogens is 190 g/mol. The van der Waals surface area contributed by atoms with Crippen LogP contribution in [0.25, 0.3) is 0 Å². The Morgan fingerprint density at radius 2 is 2.42 bits per heavy atom. The van der Waals surface area contributed by atoms with Crippen LogP contribution in [0.15, 0.2) is 6.20 Å². The first-order valence-electron chi connectivity index (χ1n) is 3.30. The Kier molecular flexibility index (Phi) is 2.86. The Bertz CT molecular complexity index is 264. The van der Waals surface area contributed by atoms with Crippen molar-refractivity contribution in [2.75, 3.05) is 6.61 Å². The molecule has 0 unspecified atom stereocenters. The molecule has 0 saturated carbocycles. The fourth-order valence-corrected chi connectivity index (χ4v) is 0.926. The first-order valence-corrected chi connectivity index (χ1v) is 3.68. The first-order chi connectivity index (χ1) is 5.66. The molecule has 6 heteroatoms. The Labute approximate surface area is 72.9 Å². The second kappa shape index (κ2) is 3.71. The van der Waals surface area contributed by atoms with Gasteiger partial charge in [-0.3, -0.25) is 0 Å². The van der Waals surface area contributed by atoms with E-state index in [1.807, 2.05) is 0 Å². The van der Waals surface area contributed by atoms with Crippen LogP contribution in [0.1, 0.15) is 13.5 Å². The molecule has 1 aromatic heterocycles. The zero-order valence-corrected chi connectivity index (χ0v) is 7.05.